The van der Waals surface area contributed by atoms with Crippen molar-refractivity contribution in [1.82, 2.24) is 15.0 Å². The maximum absolute atomic E-state index is 5.90. The van der Waals surface area contributed by atoms with Crippen LogP contribution in [0.2, 0.25) is 0 Å². The molecule has 0 saturated carbocycles. The molecule has 0 bridgehead atoms. The summed E-state index contributed by atoms with van der Waals surface area (Å²) in [5.41, 5.74) is 8.67. The van der Waals surface area contributed by atoms with E-state index in [0.29, 0.717) is 5.82 Å². The van der Waals surface area contributed by atoms with Gasteiger partial charge in [0.15, 0.2) is 0 Å². The highest BCUT2D eigenvalue weighted by atomic mass is 32.1. The third-order valence-electron chi connectivity index (χ3n) is 3.09. The summed E-state index contributed by atoms with van der Waals surface area (Å²) >= 11 is 3.21. The lowest BCUT2D eigenvalue weighted by Gasteiger charge is -1.98. The first kappa shape index (κ1) is 12.4. The lowest BCUT2D eigenvalue weighted by molar-refractivity contribution is 1.31. The van der Waals surface area contributed by atoms with E-state index in [9.17, 15) is 0 Å². The van der Waals surface area contributed by atoms with Crippen molar-refractivity contribution in [3.63, 3.8) is 0 Å². The highest BCUT2D eigenvalue weighted by Crippen LogP contribution is 2.34. The van der Waals surface area contributed by atoms with Crippen LogP contribution in [0.3, 0.4) is 0 Å². The number of nitrogen functional groups attached to an aromatic ring is 1. The molecular formula is C15H10N4S2. The number of aromatic nitrogens is 3. The Hall–Kier alpha value is -2.31. The Kier molecular flexibility index (Phi) is 2.90. The molecule has 0 aliphatic rings. The zero-order valence-corrected chi connectivity index (χ0v) is 12.5. The fourth-order valence-electron chi connectivity index (χ4n) is 2.08. The molecule has 0 aliphatic carbocycles. The molecule has 4 nitrogen and oxygen atoms in total. The molecule has 0 spiro atoms. The second-order valence-corrected chi connectivity index (χ2v) is 6.35. The van der Waals surface area contributed by atoms with E-state index in [0.717, 1.165) is 26.8 Å². The number of anilines is 1. The number of hydrogen-bond acceptors (Lipinski definition) is 6. The number of fused-ring (bicyclic) bond motifs is 1. The normalized spacial score (nSPS) is 11.0. The highest BCUT2D eigenvalue weighted by Gasteiger charge is 2.12. The van der Waals surface area contributed by atoms with Crippen molar-refractivity contribution in [3.05, 3.63) is 48.0 Å². The van der Waals surface area contributed by atoms with E-state index in [1.165, 1.54) is 4.70 Å². The van der Waals surface area contributed by atoms with Crippen LogP contribution in [-0.4, -0.2) is 15.0 Å². The standard InChI is InChI=1S/C15H10N4S2/c16-13-9(4-3-7-17-13)14-19-11(8-20-14)15-18-10-5-1-2-6-12(10)21-15/h1-8H,(H2,16,17). The maximum atomic E-state index is 5.90. The number of nitrogens with two attached hydrogens (primary N) is 1. The summed E-state index contributed by atoms with van der Waals surface area (Å²) in [7, 11) is 0. The van der Waals surface area contributed by atoms with E-state index in [4.69, 9.17) is 5.73 Å². The first-order valence-electron chi connectivity index (χ1n) is 6.33. The van der Waals surface area contributed by atoms with Crippen molar-refractivity contribution in [2.75, 3.05) is 5.73 Å². The van der Waals surface area contributed by atoms with Crippen LogP contribution in [-0.2, 0) is 0 Å². The van der Waals surface area contributed by atoms with Gasteiger partial charge < -0.3 is 5.73 Å². The number of pyridine rings is 1. The molecule has 1 aromatic carbocycles. The van der Waals surface area contributed by atoms with Gasteiger partial charge in [-0.05, 0) is 24.3 Å². The third-order valence-corrected chi connectivity index (χ3v) is 5.02. The van der Waals surface area contributed by atoms with Crippen LogP contribution in [0.5, 0.6) is 0 Å². The number of thiazole rings is 2. The number of nitrogens with zero attached hydrogens (tertiary/aromatic N) is 3. The zero-order valence-electron chi connectivity index (χ0n) is 10.9. The average molecular weight is 310 g/mol. The first-order valence-corrected chi connectivity index (χ1v) is 8.03. The van der Waals surface area contributed by atoms with E-state index in [2.05, 4.69) is 21.0 Å². The molecule has 0 amide bonds. The number of para-hydroxylation sites is 1. The predicted molar refractivity (Wildman–Crippen MR) is 88.4 cm³/mol. The summed E-state index contributed by atoms with van der Waals surface area (Å²) in [6, 6.07) is 11.9. The van der Waals surface area contributed by atoms with Crippen LogP contribution in [0.25, 0.3) is 31.5 Å². The first-order chi connectivity index (χ1) is 10.3. The molecule has 0 atom stereocenters. The van der Waals surface area contributed by atoms with Crippen LogP contribution >= 0.6 is 22.7 Å². The Morgan fingerprint density at radius 1 is 0.952 bits per heavy atom. The Bertz CT molecular complexity index is 893. The molecule has 102 valence electrons. The summed E-state index contributed by atoms with van der Waals surface area (Å²) < 4.78 is 1.17. The minimum Gasteiger partial charge on any atom is -0.383 e. The predicted octanol–water partition coefficient (Wildman–Crippen LogP) is 4.06. The minimum atomic E-state index is 0.502. The van der Waals surface area contributed by atoms with Gasteiger partial charge in [-0.25, -0.2) is 15.0 Å². The van der Waals surface area contributed by atoms with Crippen LogP contribution in [0.1, 0.15) is 0 Å². The average Bonchev–Trinajstić information content (AvgIpc) is 3.14. The second-order valence-electron chi connectivity index (χ2n) is 4.46. The van der Waals surface area contributed by atoms with Gasteiger partial charge in [-0.15, -0.1) is 22.7 Å². The van der Waals surface area contributed by atoms with E-state index in [1.807, 2.05) is 35.7 Å². The van der Waals surface area contributed by atoms with E-state index in [-0.39, 0.29) is 0 Å². The molecule has 2 N–H and O–H groups in total. The topological polar surface area (TPSA) is 64.7 Å². The van der Waals surface area contributed by atoms with Crippen molar-refractivity contribution >= 4 is 38.7 Å². The van der Waals surface area contributed by atoms with Gasteiger partial charge in [-0.2, -0.15) is 0 Å². The van der Waals surface area contributed by atoms with E-state index in [1.54, 1.807) is 28.9 Å². The largest absolute Gasteiger partial charge is 0.383 e. The van der Waals surface area contributed by atoms with Crippen LogP contribution in [0.4, 0.5) is 5.82 Å². The van der Waals surface area contributed by atoms with Crippen molar-refractivity contribution in [2.45, 2.75) is 0 Å². The van der Waals surface area contributed by atoms with Crippen LogP contribution in [0, 0.1) is 0 Å². The number of hydrogen-bond donors (Lipinski definition) is 1. The van der Waals surface area contributed by atoms with E-state index >= 15 is 0 Å². The monoisotopic (exact) mass is 310 g/mol. The fourth-order valence-corrected chi connectivity index (χ4v) is 3.91. The van der Waals surface area contributed by atoms with E-state index < -0.39 is 0 Å². The highest BCUT2D eigenvalue weighted by molar-refractivity contribution is 7.22. The lowest BCUT2D eigenvalue weighted by atomic mass is 10.3. The number of benzene rings is 1. The van der Waals surface area contributed by atoms with Crippen molar-refractivity contribution in [1.29, 1.82) is 0 Å². The lowest BCUT2D eigenvalue weighted by Crippen LogP contribution is -1.92. The maximum Gasteiger partial charge on any atom is 0.144 e. The Morgan fingerprint density at radius 3 is 2.71 bits per heavy atom. The molecule has 0 unspecified atom stereocenters. The molecular weight excluding hydrogens is 300 g/mol. The zero-order chi connectivity index (χ0) is 14.2. The quantitative estimate of drug-likeness (QED) is 0.606. The van der Waals surface area contributed by atoms with Crippen molar-refractivity contribution in [2.24, 2.45) is 0 Å². The smallest absolute Gasteiger partial charge is 0.144 e. The summed E-state index contributed by atoms with van der Waals surface area (Å²) in [5, 5.41) is 3.82. The fraction of sp³-hybridized carbons (Fsp3) is 0. The molecule has 3 aromatic heterocycles. The second kappa shape index (κ2) is 4.91. The van der Waals surface area contributed by atoms with Gasteiger partial charge in [0.1, 0.15) is 21.5 Å². The summed E-state index contributed by atoms with van der Waals surface area (Å²) in [4.78, 5) is 13.4. The molecule has 3 heterocycles. The Balaban J connectivity index is 1.79. The van der Waals surface area contributed by atoms with Gasteiger partial charge in [0, 0.05) is 11.6 Å². The van der Waals surface area contributed by atoms with Gasteiger partial charge in [0.25, 0.3) is 0 Å². The molecule has 0 aliphatic heterocycles. The molecule has 4 aromatic rings. The summed E-state index contributed by atoms with van der Waals surface area (Å²) in [5.74, 6) is 0.502. The number of rotatable bonds is 2. The van der Waals surface area contributed by atoms with Crippen LogP contribution < -0.4 is 5.73 Å². The third kappa shape index (κ3) is 2.18. The molecule has 0 radical (unpaired) electrons. The van der Waals surface area contributed by atoms with Crippen LogP contribution in [0.15, 0.2) is 48.0 Å². The van der Waals surface area contributed by atoms with Gasteiger partial charge in [0.05, 0.1) is 15.8 Å². The minimum absolute atomic E-state index is 0.502. The van der Waals surface area contributed by atoms with Gasteiger partial charge in [-0.3, -0.25) is 0 Å². The molecule has 0 fully saturated rings. The Morgan fingerprint density at radius 2 is 1.86 bits per heavy atom. The molecule has 21 heavy (non-hydrogen) atoms. The summed E-state index contributed by atoms with van der Waals surface area (Å²) in [6.07, 6.45) is 1.68. The Labute approximate surface area is 129 Å². The summed E-state index contributed by atoms with van der Waals surface area (Å²) in [6.45, 7) is 0. The van der Waals surface area contributed by atoms with Crippen molar-refractivity contribution < 1.29 is 0 Å². The van der Waals surface area contributed by atoms with Crippen molar-refractivity contribution in [3.8, 4) is 21.3 Å². The SMILES string of the molecule is Nc1ncccc1-c1nc(-c2nc3ccccc3s2)cs1. The molecule has 0 saturated heterocycles. The van der Waals surface area contributed by atoms with Gasteiger partial charge in [-0.1, -0.05) is 12.1 Å². The van der Waals surface area contributed by atoms with Gasteiger partial charge in [0.2, 0.25) is 0 Å². The molecule has 6 heteroatoms. The molecule has 4 rings (SSSR count). The van der Waals surface area contributed by atoms with Gasteiger partial charge >= 0.3 is 0 Å².